The van der Waals surface area contributed by atoms with Crippen LogP contribution >= 0.6 is 0 Å². The molecule has 0 fully saturated rings. The van der Waals surface area contributed by atoms with Crippen molar-refractivity contribution in [2.24, 2.45) is 0 Å². The zero-order chi connectivity index (χ0) is 15.9. The number of nitrogen functional groups attached to an aromatic ring is 1. The predicted molar refractivity (Wildman–Crippen MR) is 77.5 cm³/mol. The Hall–Kier alpha value is -3.23. The molecule has 0 saturated heterocycles. The minimum absolute atomic E-state index is 0.00282. The van der Waals surface area contributed by atoms with Crippen molar-refractivity contribution in [3.63, 3.8) is 0 Å². The van der Waals surface area contributed by atoms with E-state index in [1.54, 1.807) is 6.07 Å². The zero-order valence-electron chi connectivity index (χ0n) is 11.2. The maximum Gasteiger partial charge on any atom is 0.269 e. The smallest absolute Gasteiger partial charge is 0.269 e. The molecule has 1 aromatic carbocycles. The Morgan fingerprint density at radius 1 is 1.36 bits per heavy atom. The van der Waals surface area contributed by atoms with Gasteiger partial charge in [-0.3, -0.25) is 24.7 Å². The Kier molecular flexibility index (Phi) is 3.09. The van der Waals surface area contributed by atoms with Crippen molar-refractivity contribution in [1.82, 2.24) is 9.97 Å². The van der Waals surface area contributed by atoms with Gasteiger partial charge >= 0.3 is 0 Å². The van der Waals surface area contributed by atoms with Gasteiger partial charge in [0.15, 0.2) is 0 Å². The lowest BCUT2D eigenvalue weighted by Crippen LogP contribution is -2.31. The molecule has 9 nitrogen and oxygen atoms in total. The van der Waals surface area contributed by atoms with E-state index in [9.17, 15) is 19.7 Å². The number of carbonyl (C=O) groups excluding carboxylic acids is 1. The van der Waals surface area contributed by atoms with Crippen LogP contribution in [-0.4, -0.2) is 20.8 Å². The van der Waals surface area contributed by atoms with E-state index in [2.05, 4.69) is 15.3 Å². The molecule has 2 heterocycles. The molecule has 1 atom stereocenters. The van der Waals surface area contributed by atoms with E-state index in [1.165, 1.54) is 18.2 Å². The second kappa shape index (κ2) is 4.95. The number of nitrogens with two attached hydrogens (primary N) is 1. The van der Waals surface area contributed by atoms with E-state index in [1.807, 2.05) is 0 Å². The summed E-state index contributed by atoms with van der Waals surface area (Å²) in [5.41, 5.74) is 5.64. The summed E-state index contributed by atoms with van der Waals surface area (Å²) >= 11 is 0. The molecule has 0 spiro atoms. The predicted octanol–water partition coefficient (Wildman–Crippen LogP) is 0.734. The molecule has 0 aliphatic carbocycles. The summed E-state index contributed by atoms with van der Waals surface area (Å²) in [4.78, 5) is 40.6. The van der Waals surface area contributed by atoms with Crippen molar-refractivity contribution in [3.8, 4) is 0 Å². The Labute approximate surface area is 123 Å². The number of H-pyrrole nitrogens is 1. The fraction of sp³-hybridized carbons (Fsp3) is 0.154. The number of amides is 1. The topological polar surface area (TPSA) is 144 Å². The molecule has 22 heavy (non-hydrogen) atoms. The van der Waals surface area contributed by atoms with Gasteiger partial charge in [-0.25, -0.2) is 0 Å². The molecular formula is C13H11N5O4. The van der Waals surface area contributed by atoms with Crippen LogP contribution in [0.2, 0.25) is 0 Å². The van der Waals surface area contributed by atoms with E-state index in [0.717, 1.165) is 0 Å². The first kappa shape index (κ1) is 13.7. The number of carbonyl (C=O) groups is 1. The van der Waals surface area contributed by atoms with E-state index >= 15 is 0 Å². The van der Waals surface area contributed by atoms with Crippen LogP contribution in [0.15, 0.2) is 29.1 Å². The summed E-state index contributed by atoms with van der Waals surface area (Å²) in [5, 5.41) is 13.4. The van der Waals surface area contributed by atoms with Crippen LogP contribution in [0.4, 0.5) is 17.5 Å². The van der Waals surface area contributed by atoms with Crippen LogP contribution in [0.25, 0.3) is 0 Å². The monoisotopic (exact) mass is 301 g/mol. The molecule has 3 rings (SSSR count). The molecule has 2 aromatic rings. The summed E-state index contributed by atoms with van der Waals surface area (Å²) < 4.78 is 0. The molecule has 0 saturated carbocycles. The standard InChI is InChI=1S/C13H11N5O4/c14-13-16-11-10(12(20)17-13)8(5-9(19)15-11)6-2-1-3-7(4-6)18(21)22/h1-4,8H,5H2,(H4,14,15,16,17,19,20). The average Bonchev–Trinajstić information content (AvgIpc) is 2.45. The summed E-state index contributed by atoms with van der Waals surface area (Å²) in [5.74, 6) is -0.959. The van der Waals surface area contributed by atoms with Crippen LogP contribution in [0.5, 0.6) is 0 Å². The third-order valence-corrected chi connectivity index (χ3v) is 3.45. The number of hydrogen-bond donors (Lipinski definition) is 3. The number of nitro groups is 1. The van der Waals surface area contributed by atoms with Crippen molar-refractivity contribution in [1.29, 1.82) is 0 Å². The Morgan fingerprint density at radius 3 is 2.86 bits per heavy atom. The van der Waals surface area contributed by atoms with Crippen molar-refractivity contribution < 1.29 is 9.72 Å². The molecule has 0 bridgehead atoms. The molecule has 4 N–H and O–H groups in total. The maximum absolute atomic E-state index is 12.1. The number of nitrogens with one attached hydrogen (secondary N) is 2. The van der Waals surface area contributed by atoms with Gasteiger partial charge in [-0.05, 0) is 5.56 Å². The van der Waals surface area contributed by atoms with Gasteiger partial charge in [0.25, 0.3) is 11.2 Å². The van der Waals surface area contributed by atoms with Gasteiger partial charge in [0.05, 0.1) is 10.5 Å². The number of hydrogen-bond acceptors (Lipinski definition) is 6. The van der Waals surface area contributed by atoms with Gasteiger partial charge in [-0.1, -0.05) is 12.1 Å². The highest BCUT2D eigenvalue weighted by molar-refractivity contribution is 5.94. The minimum Gasteiger partial charge on any atom is -0.369 e. The molecule has 9 heteroatoms. The third-order valence-electron chi connectivity index (χ3n) is 3.45. The zero-order valence-corrected chi connectivity index (χ0v) is 11.2. The SMILES string of the molecule is Nc1nc2c(c(=O)[nH]1)C(c1cccc([N+](=O)[O-])c1)CC(=O)N2. The van der Waals surface area contributed by atoms with Crippen LogP contribution in [0, 0.1) is 10.1 Å². The maximum atomic E-state index is 12.1. The number of aromatic nitrogens is 2. The molecular weight excluding hydrogens is 290 g/mol. The van der Waals surface area contributed by atoms with E-state index in [0.29, 0.717) is 5.56 Å². The first-order valence-corrected chi connectivity index (χ1v) is 6.39. The number of nitro benzene ring substituents is 1. The summed E-state index contributed by atoms with van der Waals surface area (Å²) in [7, 11) is 0. The summed E-state index contributed by atoms with van der Waals surface area (Å²) in [6, 6.07) is 5.84. The summed E-state index contributed by atoms with van der Waals surface area (Å²) in [6.07, 6.45) is 0.00282. The second-order valence-electron chi connectivity index (χ2n) is 4.87. The Morgan fingerprint density at radius 2 is 2.14 bits per heavy atom. The quantitative estimate of drug-likeness (QED) is 0.551. The highest BCUT2D eigenvalue weighted by atomic mass is 16.6. The van der Waals surface area contributed by atoms with Crippen molar-refractivity contribution >= 4 is 23.4 Å². The number of non-ortho nitro benzene ring substituents is 1. The van der Waals surface area contributed by atoms with Gasteiger partial charge in [-0.15, -0.1) is 0 Å². The molecule has 1 aromatic heterocycles. The lowest BCUT2D eigenvalue weighted by Gasteiger charge is -2.24. The van der Waals surface area contributed by atoms with Gasteiger partial charge in [0, 0.05) is 24.5 Å². The van der Waals surface area contributed by atoms with E-state index in [4.69, 9.17) is 5.73 Å². The molecule has 1 aliphatic heterocycles. The van der Waals surface area contributed by atoms with Gasteiger partial charge in [-0.2, -0.15) is 4.98 Å². The number of anilines is 2. The first-order chi connectivity index (χ1) is 10.5. The van der Waals surface area contributed by atoms with Gasteiger partial charge in [0.1, 0.15) is 5.82 Å². The number of benzene rings is 1. The van der Waals surface area contributed by atoms with Crippen LogP contribution in [0.1, 0.15) is 23.5 Å². The fourth-order valence-electron chi connectivity index (χ4n) is 2.53. The molecule has 0 radical (unpaired) electrons. The van der Waals surface area contributed by atoms with Crippen LogP contribution < -0.4 is 16.6 Å². The minimum atomic E-state index is -0.611. The van der Waals surface area contributed by atoms with Crippen molar-refractivity contribution in [2.75, 3.05) is 11.1 Å². The first-order valence-electron chi connectivity index (χ1n) is 6.39. The number of nitrogens with zero attached hydrogens (tertiary/aromatic N) is 2. The van der Waals surface area contributed by atoms with Crippen LogP contribution in [0.3, 0.4) is 0 Å². The molecule has 1 aliphatic rings. The van der Waals surface area contributed by atoms with Gasteiger partial charge in [0.2, 0.25) is 11.9 Å². The van der Waals surface area contributed by atoms with Crippen LogP contribution in [-0.2, 0) is 4.79 Å². The average molecular weight is 301 g/mol. The fourth-order valence-corrected chi connectivity index (χ4v) is 2.53. The number of fused-ring (bicyclic) bond motifs is 1. The van der Waals surface area contributed by atoms with E-state index < -0.39 is 16.4 Å². The highest BCUT2D eigenvalue weighted by Gasteiger charge is 2.31. The lowest BCUT2D eigenvalue weighted by molar-refractivity contribution is -0.384. The molecule has 1 unspecified atom stereocenters. The van der Waals surface area contributed by atoms with Crippen molar-refractivity contribution in [3.05, 3.63) is 55.9 Å². The normalized spacial score (nSPS) is 16.7. The van der Waals surface area contributed by atoms with E-state index in [-0.39, 0.29) is 35.3 Å². The van der Waals surface area contributed by atoms with Gasteiger partial charge < -0.3 is 11.1 Å². The molecule has 1 amide bonds. The largest absolute Gasteiger partial charge is 0.369 e. The molecule has 112 valence electrons. The third kappa shape index (κ3) is 2.28. The number of aromatic amines is 1. The summed E-state index contributed by atoms with van der Waals surface area (Å²) in [6.45, 7) is 0. The second-order valence-corrected chi connectivity index (χ2v) is 4.87. The Balaban J connectivity index is 2.17. The Bertz CT molecular complexity index is 845. The number of rotatable bonds is 2. The highest BCUT2D eigenvalue weighted by Crippen LogP contribution is 2.34. The van der Waals surface area contributed by atoms with Crippen molar-refractivity contribution in [2.45, 2.75) is 12.3 Å². The lowest BCUT2D eigenvalue weighted by atomic mass is 9.86.